The lowest BCUT2D eigenvalue weighted by Crippen LogP contribution is -2.59. The molecule has 7 heteroatoms. The molecule has 0 radical (unpaired) electrons. The lowest BCUT2D eigenvalue weighted by Gasteiger charge is -2.45. The van der Waals surface area contributed by atoms with E-state index in [0.29, 0.717) is 16.3 Å². The first-order chi connectivity index (χ1) is 9.56. The minimum absolute atomic E-state index is 0.0446. The molecular formula is C13H19BrN4O2. The maximum atomic E-state index is 12.6. The van der Waals surface area contributed by atoms with Crippen molar-refractivity contribution in [3.05, 3.63) is 16.4 Å². The fourth-order valence-corrected chi connectivity index (χ4v) is 3.48. The van der Waals surface area contributed by atoms with E-state index in [9.17, 15) is 4.79 Å². The molecule has 0 N–H and O–H groups in total. The monoisotopic (exact) mass is 342 g/mol. The largest absolute Gasteiger partial charge is 0.375 e. The number of aryl methyl sites for hydroxylation is 1. The molecule has 0 spiro atoms. The van der Waals surface area contributed by atoms with E-state index in [1.807, 2.05) is 4.90 Å². The second-order valence-corrected chi connectivity index (χ2v) is 6.29. The maximum absolute atomic E-state index is 12.6. The molecule has 2 aliphatic heterocycles. The average Bonchev–Trinajstić information content (AvgIpc) is 2.77. The van der Waals surface area contributed by atoms with Crippen LogP contribution >= 0.6 is 15.9 Å². The van der Waals surface area contributed by atoms with E-state index < -0.39 is 0 Å². The zero-order valence-corrected chi connectivity index (χ0v) is 13.3. The van der Waals surface area contributed by atoms with Crippen molar-refractivity contribution >= 4 is 21.8 Å². The van der Waals surface area contributed by atoms with Gasteiger partial charge in [0.1, 0.15) is 10.3 Å². The minimum atomic E-state index is 0.0446. The Labute approximate surface area is 126 Å². The van der Waals surface area contributed by atoms with Crippen LogP contribution in [0.5, 0.6) is 0 Å². The highest BCUT2D eigenvalue weighted by Crippen LogP contribution is 2.23. The Balaban J connectivity index is 1.75. The number of aromatic nitrogens is 2. The highest BCUT2D eigenvalue weighted by Gasteiger charge is 2.37. The van der Waals surface area contributed by atoms with E-state index in [-0.39, 0.29) is 12.0 Å². The zero-order chi connectivity index (χ0) is 14.3. The van der Waals surface area contributed by atoms with Crippen molar-refractivity contribution < 1.29 is 9.53 Å². The Morgan fingerprint density at radius 2 is 2.25 bits per heavy atom. The third kappa shape index (κ3) is 2.49. The number of amides is 1. The predicted molar refractivity (Wildman–Crippen MR) is 77.6 cm³/mol. The molecule has 1 aromatic rings. The number of hydrogen-bond acceptors (Lipinski definition) is 4. The van der Waals surface area contributed by atoms with Crippen LogP contribution in [0.4, 0.5) is 0 Å². The third-order valence-electron chi connectivity index (χ3n) is 4.22. The lowest BCUT2D eigenvalue weighted by molar-refractivity contribution is -0.0894. The van der Waals surface area contributed by atoms with E-state index in [2.05, 4.69) is 33.0 Å². The number of halogens is 1. The fraction of sp³-hybridized carbons (Fsp3) is 0.692. The second kappa shape index (κ2) is 5.46. The Morgan fingerprint density at radius 3 is 2.95 bits per heavy atom. The minimum Gasteiger partial charge on any atom is -0.375 e. The van der Waals surface area contributed by atoms with Crippen LogP contribution in [0.1, 0.15) is 16.9 Å². The molecule has 3 rings (SSSR count). The molecule has 1 amide bonds. The van der Waals surface area contributed by atoms with Crippen molar-refractivity contribution in [3.63, 3.8) is 0 Å². The van der Waals surface area contributed by atoms with Crippen LogP contribution in [-0.2, 0) is 11.8 Å². The van der Waals surface area contributed by atoms with Crippen molar-refractivity contribution in [2.24, 2.45) is 7.05 Å². The molecule has 0 aliphatic carbocycles. The number of rotatable bonds is 1. The number of likely N-dealkylation sites (N-methyl/N-ethyl adjacent to an activating group) is 1. The van der Waals surface area contributed by atoms with Gasteiger partial charge < -0.3 is 9.64 Å². The summed E-state index contributed by atoms with van der Waals surface area (Å²) < 4.78 is 8.12. The summed E-state index contributed by atoms with van der Waals surface area (Å²) in [6, 6.07) is 2.08. The van der Waals surface area contributed by atoms with Gasteiger partial charge in [0.15, 0.2) is 0 Å². The normalized spacial score (nSPS) is 27.4. The molecule has 0 saturated carbocycles. The Kier molecular flexibility index (Phi) is 3.83. The van der Waals surface area contributed by atoms with Crippen molar-refractivity contribution in [2.45, 2.75) is 18.6 Å². The zero-order valence-electron chi connectivity index (χ0n) is 11.8. The molecule has 2 saturated heterocycles. The maximum Gasteiger partial charge on any atom is 0.272 e. The van der Waals surface area contributed by atoms with Gasteiger partial charge >= 0.3 is 0 Å². The summed E-state index contributed by atoms with van der Waals surface area (Å²) in [5.74, 6) is 0.0446. The summed E-state index contributed by atoms with van der Waals surface area (Å²) in [4.78, 5) is 16.8. The molecule has 0 unspecified atom stereocenters. The van der Waals surface area contributed by atoms with Crippen LogP contribution in [-0.4, -0.2) is 70.9 Å². The van der Waals surface area contributed by atoms with Crippen LogP contribution in [0.3, 0.4) is 0 Å². The summed E-state index contributed by atoms with van der Waals surface area (Å²) in [5.41, 5.74) is 0.620. The quantitative estimate of drug-likeness (QED) is 0.754. The van der Waals surface area contributed by atoms with Gasteiger partial charge in [0.2, 0.25) is 0 Å². The first-order valence-corrected chi connectivity index (χ1v) is 7.66. The fourth-order valence-electron chi connectivity index (χ4n) is 3.02. The molecule has 2 fully saturated rings. The summed E-state index contributed by atoms with van der Waals surface area (Å²) in [5, 5.41) is 4.17. The van der Waals surface area contributed by atoms with Gasteiger partial charge in [-0.3, -0.25) is 14.4 Å². The van der Waals surface area contributed by atoms with Crippen molar-refractivity contribution in [1.82, 2.24) is 19.6 Å². The number of hydrogen-bond donors (Lipinski definition) is 0. The summed E-state index contributed by atoms with van der Waals surface area (Å²) in [6.07, 6.45) is 1.16. The van der Waals surface area contributed by atoms with Crippen molar-refractivity contribution in [3.8, 4) is 0 Å². The molecule has 1 aromatic heterocycles. The van der Waals surface area contributed by atoms with Gasteiger partial charge in [0, 0.05) is 32.7 Å². The number of carbonyl (C=O) groups excluding carboxylic acids is 1. The van der Waals surface area contributed by atoms with E-state index in [4.69, 9.17) is 4.74 Å². The Bertz CT molecular complexity index is 518. The van der Waals surface area contributed by atoms with Gasteiger partial charge in [-0.05, 0) is 29.4 Å². The van der Waals surface area contributed by atoms with Crippen LogP contribution < -0.4 is 0 Å². The second-order valence-electron chi connectivity index (χ2n) is 5.47. The predicted octanol–water partition coefficient (Wildman–Crippen LogP) is 0.728. The van der Waals surface area contributed by atoms with Gasteiger partial charge in [0.05, 0.1) is 18.8 Å². The summed E-state index contributed by atoms with van der Waals surface area (Å²) in [6.45, 7) is 3.19. The van der Waals surface area contributed by atoms with Gasteiger partial charge in [-0.1, -0.05) is 0 Å². The molecule has 2 atom stereocenters. The highest BCUT2D eigenvalue weighted by molar-refractivity contribution is 9.10. The van der Waals surface area contributed by atoms with Gasteiger partial charge in [-0.2, -0.15) is 5.10 Å². The van der Waals surface area contributed by atoms with Crippen LogP contribution in [0.15, 0.2) is 10.7 Å². The van der Waals surface area contributed by atoms with Gasteiger partial charge in [0.25, 0.3) is 5.91 Å². The summed E-state index contributed by atoms with van der Waals surface area (Å²) >= 11 is 3.31. The lowest BCUT2D eigenvalue weighted by atomic mass is 9.99. The number of fused-ring (bicyclic) bond motifs is 1. The first-order valence-electron chi connectivity index (χ1n) is 6.87. The Hall–Kier alpha value is -0.920. The van der Waals surface area contributed by atoms with Crippen molar-refractivity contribution in [2.75, 3.05) is 33.3 Å². The van der Waals surface area contributed by atoms with Gasteiger partial charge in [-0.15, -0.1) is 0 Å². The number of likely N-dealkylation sites (tertiary alicyclic amines) is 1. The molecule has 3 heterocycles. The smallest absolute Gasteiger partial charge is 0.272 e. The number of morpholine rings is 1. The molecule has 110 valence electrons. The first kappa shape index (κ1) is 14.0. The van der Waals surface area contributed by atoms with Crippen LogP contribution in [0.2, 0.25) is 0 Å². The molecule has 0 aromatic carbocycles. The van der Waals surface area contributed by atoms with Crippen LogP contribution in [0, 0.1) is 0 Å². The molecule has 2 aliphatic rings. The third-order valence-corrected chi connectivity index (χ3v) is 4.61. The van der Waals surface area contributed by atoms with E-state index >= 15 is 0 Å². The standard InChI is InChI=1S/C13H19BrN4O2/c1-16-5-6-20-11-3-4-18(8-10(11)16)13(19)9-7-12(14)15-17(9)2/h7,10-11H,3-6,8H2,1-2H3/t10-,11+/m1/s1. The molecule has 6 nitrogen and oxygen atoms in total. The number of piperidine rings is 1. The molecule has 0 bridgehead atoms. The molecule has 20 heavy (non-hydrogen) atoms. The average molecular weight is 343 g/mol. The van der Waals surface area contributed by atoms with Gasteiger partial charge in [-0.25, -0.2) is 0 Å². The van der Waals surface area contributed by atoms with E-state index in [1.54, 1.807) is 17.8 Å². The Morgan fingerprint density at radius 1 is 1.45 bits per heavy atom. The van der Waals surface area contributed by atoms with E-state index in [1.165, 1.54) is 0 Å². The van der Waals surface area contributed by atoms with Crippen molar-refractivity contribution in [1.29, 1.82) is 0 Å². The SMILES string of the molecule is CN1CCO[C@H]2CCN(C(=O)c3cc(Br)nn3C)C[C@H]21. The number of nitrogens with zero attached hydrogens (tertiary/aromatic N) is 4. The highest BCUT2D eigenvalue weighted by atomic mass is 79.9. The molecular weight excluding hydrogens is 324 g/mol. The number of ether oxygens (including phenoxy) is 1. The van der Waals surface area contributed by atoms with E-state index in [0.717, 1.165) is 32.7 Å². The summed E-state index contributed by atoms with van der Waals surface area (Å²) in [7, 11) is 3.90. The van der Waals surface area contributed by atoms with Crippen LogP contribution in [0.25, 0.3) is 0 Å². The topological polar surface area (TPSA) is 50.6 Å². The number of carbonyl (C=O) groups is 1.